The first-order valence-corrected chi connectivity index (χ1v) is 12.0. The molecule has 1 spiro atoms. The van der Waals surface area contributed by atoms with Crippen LogP contribution in [0.1, 0.15) is 50.5 Å². The predicted octanol–water partition coefficient (Wildman–Crippen LogP) is 3.84. The quantitative estimate of drug-likeness (QED) is 0.701. The summed E-state index contributed by atoms with van der Waals surface area (Å²) in [6.45, 7) is 6.10. The lowest BCUT2D eigenvalue weighted by molar-refractivity contribution is -0.147. The number of Topliss-reactive ketones (excluding diaryl/α,β-unsaturated/α-hetero) is 1. The zero-order valence-corrected chi connectivity index (χ0v) is 19.4. The summed E-state index contributed by atoms with van der Waals surface area (Å²) < 4.78 is 12.0. The molecule has 2 bridgehead atoms. The molecule has 3 saturated heterocycles. The molecule has 0 aliphatic carbocycles. The van der Waals surface area contributed by atoms with E-state index >= 15 is 0 Å². The number of piperidine rings is 1. The van der Waals surface area contributed by atoms with Crippen LogP contribution in [0.15, 0.2) is 59.2 Å². The number of amides is 2. The van der Waals surface area contributed by atoms with Crippen LogP contribution in [-0.2, 0) is 19.1 Å². The van der Waals surface area contributed by atoms with Gasteiger partial charge in [0, 0.05) is 18.0 Å². The highest BCUT2D eigenvalue weighted by Crippen LogP contribution is 2.60. The molecule has 0 unspecified atom stereocenters. The van der Waals surface area contributed by atoms with Gasteiger partial charge in [0.05, 0.1) is 36.3 Å². The molecule has 34 heavy (non-hydrogen) atoms. The van der Waals surface area contributed by atoms with Gasteiger partial charge in [-0.2, -0.15) is 0 Å². The van der Waals surface area contributed by atoms with E-state index < -0.39 is 41.5 Å². The Morgan fingerprint density at radius 1 is 1.18 bits per heavy atom. The van der Waals surface area contributed by atoms with Crippen LogP contribution in [0.2, 0.25) is 0 Å². The van der Waals surface area contributed by atoms with Gasteiger partial charge in [0.1, 0.15) is 17.1 Å². The van der Waals surface area contributed by atoms with Gasteiger partial charge < -0.3 is 19.4 Å². The zero-order valence-electron chi connectivity index (χ0n) is 19.4. The fourth-order valence-corrected chi connectivity index (χ4v) is 6.44. The summed E-state index contributed by atoms with van der Waals surface area (Å²) in [6, 6.07) is 10.4. The van der Waals surface area contributed by atoms with Gasteiger partial charge in [-0.15, -0.1) is 0 Å². The van der Waals surface area contributed by atoms with Crippen LogP contribution in [0.5, 0.6) is 0 Å². The smallest absolute Gasteiger partial charge is 0.231 e. The Morgan fingerprint density at radius 2 is 1.94 bits per heavy atom. The third-order valence-corrected chi connectivity index (χ3v) is 8.10. The molecule has 4 aliphatic heterocycles. The summed E-state index contributed by atoms with van der Waals surface area (Å²) >= 11 is 0. The molecule has 7 nitrogen and oxygen atoms in total. The Kier molecular flexibility index (Phi) is 4.65. The molecule has 5 heterocycles. The van der Waals surface area contributed by atoms with E-state index in [4.69, 9.17) is 9.15 Å². The molecule has 0 saturated carbocycles. The molecule has 6 rings (SSSR count). The van der Waals surface area contributed by atoms with E-state index in [1.54, 1.807) is 23.3 Å². The summed E-state index contributed by atoms with van der Waals surface area (Å²) in [5.41, 5.74) is 0.898. The van der Waals surface area contributed by atoms with Crippen molar-refractivity contribution in [2.45, 2.75) is 56.9 Å². The summed E-state index contributed by atoms with van der Waals surface area (Å²) in [4.78, 5) is 42.2. The van der Waals surface area contributed by atoms with Gasteiger partial charge in [0.15, 0.2) is 0 Å². The van der Waals surface area contributed by atoms with Gasteiger partial charge >= 0.3 is 0 Å². The second kappa shape index (κ2) is 7.40. The summed E-state index contributed by atoms with van der Waals surface area (Å²) in [5, 5.41) is 3.00. The summed E-state index contributed by atoms with van der Waals surface area (Å²) in [7, 11) is 0. The third-order valence-electron chi connectivity index (χ3n) is 8.10. The molecule has 1 aromatic heterocycles. The van der Waals surface area contributed by atoms with Crippen molar-refractivity contribution in [2.75, 3.05) is 5.32 Å². The molecule has 7 atom stereocenters. The van der Waals surface area contributed by atoms with Gasteiger partial charge in [-0.05, 0) is 35.7 Å². The summed E-state index contributed by atoms with van der Waals surface area (Å²) in [5.74, 6) is -1.05. The van der Waals surface area contributed by atoms with Crippen LogP contribution in [0.3, 0.4) is 0 Å². The number of carbonyl (C=O) groups is 3. The lowest BCUT2D eigenvalue weighted by atomic mass is 9.70. The maximum atomic E-state index is 13.9. The van der Waals surface area contributed by atoms with Crippen molar-refractivity contribution < 1.29 is 23.5 Å². The number of ketones is 1. The van der Waals surface area contributed by atoms with Crippen molar-refractivity contribution in [3.63, 3.8) is 0 Å². The number of ether oxygens (including phenoxy) is 1. The van der Waals surface area contributed by atoms with E-state index in [9.17, 15) is 14.4 Å². The molecule has 2 aromatic rings. The van der Waals surface area contributed by atoms with Gasteiger partial charge in [0.25, 0.3) is 0 Å². The van der Waals surface area contributed by atoms with Crippen molar-refractivity contribution in [3.8, 4) is 0 Å². The number of hydrogen-bond acceptors (Lipinski definition) is 5. The highest BCUT2D eigenvalue weighted by molar-refractivity contribution is 6.00. The maximum Gasteiger partial charge on any atom is 0.231 e. The predicted molar refractivity (Wildman–Crippen MR) is 124 cm³/mol. The fraction of sp³-hybridized carbons (Fsp3) is 0.444. The number of nitrogens with zero attached hydrogens (tertiary/aromatic N) is 1. The van der Waals surface area contributed by atoms with E-state index in [1.165, 1.54) is 5.56 Å². The minimum Gasteiger partial charge on any atom is -0.467 e. The number of hydrogen-bond donors (Lipinski definition) is 1. The standard InChI is InChI=1S/C27H28N2O5/c1-14(2)16-6-8-17(9-7-16)28-25(31)22-21-10-11-27(34-21)23(22)26(32)29-18(20-5-4-12-33-20)13-19(30)15(3)24(27)29/h4-12,14-15,18,21-24H,13H2,1-3H3,(H,28,31)/t15-,18+,21+,22-,23+,24-,27+/m1/s1. The molecule has 4 aliphatic rings. The monoisotopic (exact) mass is 460 g/mol. The Balaban J connectivity index is 1.34. The molecular weight excluding hydrogens is 432 g/mol. The van der Waals surface area contributed by atoms with Crippen LogP contribution in [0.4, 0.5) is 5.69 Å². The molecule has 176 valence electrons. The highest BCUT2D eigenvalue weighted by atomic mass is 16.5. The normalized spacial score (nSPS) is 35.7. The minimum atomic E-state index is -0.981. The van der Waals surface area contributed by atoms with Crippen LogP contribution < -0.4 is 5.32 Å². The number of anilines is 1. The lowest BCUT2D eigenvalue weighted by Gasteiger charge is -2.43. The zero-order chi connectivity index (χ0) is 23.8. The molecule has 2 amide bonds. The number of nitrogens with one attached hydrogen (secondary N) is 1. The number of fused-ring (bicyclic) bond motifs is 2. The summed E-state index contributed by atoms with van der Waals surface area (Å²) in [6.07, 6.45) is 5.06. The van der Waals surface area contributed by atoms with E-state index in [1.807, 2.05) is 43.3 Å². The Morgan fingerprint density at radius 3 is 2.62 bits per heavy atom. The fourth-order valence-electron chi connectivity index (χ4n) is 6.44. The van der Waals surface area contributed by atoms with E-state index in [2.05, 4.69) is 19.2 Å². The van der Waals surface area contributed by atoms with Crippen molar-refractivity contribution in [1.82, 2.24) is 4.90 Å². The van der Waals surface area contributed by atoms with Gasteiger partial charge in [-0.25, -0.2) is 0 Å². The maximum absolute atomic E-state index is 13.9. The molecule has 1 N–H and O–H groups in total. The molecular formula is C27H28N2O5. The second-order valence-electron chi connectivity index (χ2n) is 10.2. The highest BCUT2D eigenvalue weighted by Gasteiger charge is 2.74. The van der Waals surface area contributed by atoms with E-state index in [0.717, 1.165) is 0 Å². The van der Waals surface area contributed by atoms with Crippen molar-refractivity contribution in [3.05, 3.63) is 66.1 Å². The first-order valence-electron chi connectivity index (χ1n) is 12.0. The molecule has 3 fully saturated rings. The van der Waals surface area contributed by atoms with Crippen LogP contribution >= 0.6 is 0 Å². The largest absolute Gasteiger partial charge is 0.467 e. The van der Waals surface area contributed by atoms with Crippen LogP contribution in [0, 0.1) is 17.8 Å². The second-order valence-corrected chi connectivity index (χ2v) is 10.2. The molecule has 0 radical (unpaired) electrons. The van der Waals surface area contributed by atoms with Gasteiger partial charge in [-0.1, -0.05) is 45.1 Å². The van der Waals surface area contributed by atoms with Crippen molar-refractivity contribution >= 4 is 23.3 Å². The third kappa shape index (κ3) is 2.83. The number of benzene rings is 1. The van der Waals surface area contributed by atoms with Crippen molar-refractivity contribution in [1.29, 1.82) is 0 Å². The Labute approximate surface area is 198 Å². The van der Waals surface area contributed by atoms with Crippen LogP contribution in [-0.4, -0.2) is 40.2 Å². The number of furan rings is 1. The first kappa shape index (κ1) is 21.4. The lowest BCUT2D eigenvalue weighted by Crippen LogP contribution is -2.55. The molecule has 1 aromatic carbocycles. The topological polar surface area (TPSA) is 88.8 Å². The van der Waals surface area contributed by atoms with Crippen molar-refractivity contribution in [2.24, 2.45) is 17.8 Å². The Bertz CT molecular complexity index is 1180. The first-order chi connectivity index (χ1) is 16.3. The Hall–Kier alpha value is -3.19. The average Bonchev–Trinajstić information content (AvgIpc) is 3.59. The minimum absolute atomic E-state index is 0.0732. The van der Waals surface area contributed by atoms with Gasteiger partial charge in [0.2, 0.25) is 11.8 Å². The number of carbonyl (C=O) groups excluding carboxylic acids is 3. The SMILES string of the molecule is CC(C)c1ccc(NC(=O)[C@@H]2[C@@H]3C=C[C@]4(O3)[C@@H]2C(=O)N2[C@H](c3ccco3)CC(=O)[C@@H](C)[C@@H]24)cc1. The van der Waals surface area contributed by atoms with Gasteiger partial charge in [-0.3, -0.25) is 14.4 Å². The molecule has 7 heteroatoms. The van der Waals surface area contributed by atoms with Crippen LogP contribution in [0.25, 0.3) is 0 Å². The number of rotatable bonds is 4. The van der Waals surface area contributed by atoms with E-state index in [-0.39, 0.29) is 24.0 Å². The van der Waals surface area contributed by atoms with E-state index in [0.29, 0.717) is 17.4 Å². The average molecular weight is 461 g/mol.